The van der Waals surface area contributed by atoms with Gasteiger partial charge in [0, 0.05) is 24.7 Å². The van der Waals surface area contributed by atoms with Crippen LogP contribution in [0.5, 0.6) is 5.75 Å². The van der Waals surface area contributed by atoms with Gasteiger partial charge in [0.05, 0.1) is 20.3 Å². The molecular weight excluding hydrogens is 310 g/mol. The summed E-state index contributed by atoms with van der Waals surface area (Å²) in [4.78, 5) is 22.9. The van der Waals surface area contributed by atoms with Crippen LogP contribution in [0.3, 0.4) is 0 Å². The van der Waals surface area contributed by atoms with E-state index in [1.807, 2.05) is 24.3 Å². The number of nitrogens with zero attached hydrogens (tertiary/aromatic N) is 3. The van der Waals surface area contributed by atoms with Crippen molar-refractivity contribution in [3.8, 4) is 17.1 Å². The van der Waals surface area contributed by atoms with Gasteiger partial charge in [-0.1, -0.05) is 12.1 Å². The number of methoxy groups -OCH3 is 1. The summed E-state index contributed by atoms with van der Waals surface area (Å²) in [5.74, 6) is 6.60. The van der Waals surface area contributed by atoms with E-state index >= 15 is 0 Å². The standard InChI is InChI=1S/C16H19N5O3/c1-23-12-4-2-3-11(9-12)15-18-13(16(22)20-17)10-14(19-15)21-5-7-24-8-6-21/h2-4,9-10H,5-8,17H2,1H3,(H,20,22). The lowest BCUT2D eigenvalue weighted by molar-refractivity contribution is 0.0948. The molecule has 8 nitrogen and oxygen atoms in total. The summed E-state index contributed by atoms with van der Waals surface area (Å²) in [6, 6.07) is 9.01. The number of rotatable bonds is 4. The Morgan fingerprint density at radius 3 is 2.79 bits per heavy atom. The summed E-state index contributed by atoms with van der Waals surface area (Å²) in [7, 11) is 1.59. The Bertz CT molecular complexity index is 731. The number of carbonyl (C=O) groups excluding carboxylic acids is 1. The fourth-order valence-corrected chi connectivity index (χ4v) is 2.47. The van der Waals surface area contributed by atoms with Crippen molar-refractivity contribution in [3.05, 3.63) is 36.0 Å². The molecule has 1 aliphatic rings. The van der Waals surface area contributed by atoms with Crippen LogP contribution < -0.4 is 20.9 Å². The number of hydrazine groups is 1. The largest absolute Gasteiger partial charge is 0.497 e. The minimum absolute atomic E-state index is 0.215. The van der Waals surface area contributed by atoms with Crippen molar-refractivity contribution in [2.75, 3.05) is 38.3 Å². The molecular formula is C16H19N5O3. The lowest BCUT2D eigenvalue weighted by Gasteiger charge is -2.28. The molecule has 0 bridgehead atoms. The number of anilines is 1. The first-order valence-electron chi connectivity index (χ1n) is 7.58. The quantitative estimate of drug-likeness (QED) is 0.481. The van der Waals surface area contributed by atoms with Crippen LogP contribution in [0.4, 0.5) is 5.82 Å². The van der Waals surface area contributed by atoms with E-state index in [2.05, 4.69) is 20.3 Å². The molecule has 2 aromatic rings. The first-order chi connectivity index (χ1) is 11.7. The highest BCUT2D eigenvalue weighted by atomic mass is 16.5. The summed E-state index contributed by atoms with van der Waals surface area (Å²) in [5.41, 5.74) is 3.09. The van der Waals surface area contributed by atoms with Crippen LogP contribution in [0, 0.1) is 0 Å². The van der Waals surface area contributed by atoms with Crippen molar-refractivity contribution < 1.29 is 14.3 Å². The molecule has 24 heavy (non-hydrogen) atoms. The molecule has 1 fully saturated rings. The number of nitrogens with one attached hydrogen (secondary N) is 1. The molecule has 3 N–H and O–H groups in total. The molecule has 126 valence electrons. The zero-order chi connectivity index (χ0) is 16.9. The number of nitrogens with two attached hydrogens (primary N) is 1. The number of nitrogen functional groups attached to an aromatic ring is 1. The van der Waals surface area contributed by atoms with Crippen LogP contribution in [-0.4, -0.2) is 49.3 Å². The molecule has 8 heteroatoms. The number of amides is 1. The van der Waals surface area contributed by atoms with Crippen LogP contribution in [-0.2, 0) is 4.74 Å². The first-order valence-corrected chi connectivity index (χ1v) is 7.58. The Kier molecular flexibility index (Phi) is 4.88. The maximum atomic E-state index is 12.0. The predicted octanol–water partition coefficient (Wildman–Crippen LogP) is 0.592. The van der Waals surface area contributed by atoms with E-state index in [1.54, 1.807) is 13.2 Å². The molecule has 0 radical (unpaired) electrons. The van der Waals surface area contributed by atoms with Crippen molar-refractivity contribution >= 4 is 11.7 Å². The Morgan fingerprint density at radius 2 is 2.08 bits per heavy atom. The van der Waals surface area contributed by atoms with Crippen molar-refractivity contribution in [2.24, 2.45) is 5.84 Å². The summed E-state index contributed by atoms with van der Waals surface area (Å²) in [6.07, 6.45) is 0. The van der Waals surface area contributed by atoms with Gasteiger partial charge in [0.25, 0.3) is 5.91 Å². The zero-order valence-corrected chi connectivity index (χ0v) is 13.4. The Labute approximate surface area is 139 Å². The molecule has 0 spiro atoms. The van der Waals surface area contributed by atoms with E-state index in [1.165, 1.54) is 0 Å². The van der Waals surface area contributed by atoms with E-state index < -0.39 is 5.91 Å². The lowest BCUT2D eigenvalue weighted by atomic mass is 10.2. The van der Waals surface area contributed by atoms with Gasteiger partial charge in [-0.15, -0.1) is 0 Å². The molecule has 3 rings (SSSR count). The van der Waals surface area contributed by atoms with Crippen LogP contribution in [0.25, 0.3) is 11.4 Å². The van der Waals surface area contributed by atoms with Crippen molar-refractivity contribution in [1.29, 1.82) is 0 Å². The fraction of sp³-hybridized carbons (Fsp3) is 0.312. The summed E-state index contributed by atoms with van der Waals surface area (Å²) < 4.78 is 10.6. The number of hydrogen-bond donors (Lipinski definition) is 2. The fourth-order valence-electron chi connectivity index (χ4n) is 2.47. The molecule has 0 unspecified atom stereocenters. The lowest BCUT2D eigenvalue weighted by Crippen LogP contribution is -2.37. The molecule has 1 aliphatic heterocycles. The highest BCUT2D eigenvalue weighted by molar-refractivity contribution is 5.93. The Morgan fingerprint density at radius 1 is 1.29 bits per heavy atom. The predicted molar refractivity (Wildman–Crippen MR) is 88.7 cm³/mol. The molecule has 1 amide bonds. The van der Waals surface area contributed by atoms with Gasteiger partial charge in [-0.25, -0.2) is 15.8 Å². The molecule has 2 heterocycles. The highest BCUT2D eigenvalue weighted by Crippen LogP contribution is 2.24. The SMILES string of the molecule is COc1cccc(-c2nc(C(=O)NN)cc(N3CCOCC3)n2)c1. The zero-order valence-electron chi connectivity index (χ0n) is 13.4. The van der Waals surface area contributed by atoms with Gasteiger partial charge in [0.1, 0.15) is 17.3 Å². The Hall–Kier alpha value is -2.71. The average Bonchev–Trinajstić information content (AvgIpc) is 2.67. The number of morpholine rings is 1. The van der Waals surface area contributed by atoms with E-state index in [0.717, 1.165) is 5.56 Å². The smallest absolute Gasteiger partial charge is 0.283 e. The summed E-state index contributed by atoms with van der Waals surface area (Å²) >= 11 is 0. The summed E-state index contributed by atoms with van der Waals surface area (Å²) in [5, 5.41) is 0. The van der Waals surface area contributed by atoms with Gasteiger partial charge in [0.15, 0.2) is 5.82 Å². The third kappa shape index (κ3) is 3.44. The number of hydrogen-bond acceptors (Lipinski definition) is 7. The third-order valence-corrected chi connectivity index (χ3v) is 3.74. The van der Waals surface area contributed by atoms with E-state index in [-0.39, 0.29) is 5.69 Å². The van der Waals surface area contributed by atoms with Gasteiger partial charge >= 0.3 is 0 Å². The van der Waals surface area contributed by atoms with E-state index in [4.69, 9.17) is 15.3 Å². The van der Waals surface area contributed by atoms with E-state index in [0.29, 0.717) is 43.7 Å². The van der Waals surface area contributed by atoms with E-state index in [9.17, 15) is 4.79 Å². The number of aromatic nitrogens is 2. The highest BCUT2D eigenvalue weighted by Gasteiger charge is 2.18. The second kappa shape index (κ2) is 7.24. The minimum atomic E-state index is -0.462. The molecule has 0 saturated carbocycles. The maximum Gasteiger partial charge on any atom is 0.283 e. The molecule has 0 aliphatic carbocycles. The second-order valence-electron chi connectivity index (χ2n) is 5.24. The van der Waals surface area contributed by atoms with Crippen LogP contribution in [0.1, 0.15) is 10.5 Å². The van der Waals surface area contributed by atoms with Crippen LogP contribution in [0.15, 0.2) is 30.3 Å². The van der Waals surface area contributed by atoms with Gasteiger partial charge in [-0.05, 0) is 12.1 Å². The normalized spacial score (nSPS) is 14.3. The van der Waals surface area contributed by atoms with Crippen LogP contribution in [0.2, 0.25) is 0 Å². The van der Waals surface area contributed by atoms with Crippen molar-refractivity contribution in [2.45, 2.75) is 0 Å². The molecule has 1 saturated heterocycles. The molecule has 1 aromatic heterocycles. The third-order valence-electron chi connectivity index (χ3n) is 3.74. The van der Waals surface area contributed by atoms with Gasteiger partial charge in [-0.3, -0.25) is 10.2 Å². The van der Waals surface area contributed by atoms with Crippen molar-refractivity contribution in [3.63, 3.8) is 0 Å². The monoisotopic (exact) mass is 329 g/mol. The summed E-state index contributed by atoms with van der Waals surface area (Å²) in [6.45, 7) is 2.66. The minimum Gasteiger partial charge on any atom is -0.497 e. The topological polar surface area (TPSA) is 103 Å². The van der Waals surface area contributed by atoms with Gasteiger partial charge in [0.2, 0.25) is 0 Å². The average molecular weight is 329 g/mol. The molecule has 0 atom stereocenters. The first kappa shape index (κ1) is 16.2. The number of ether oxygens (including phenoxy) is 2. The number of carbonyl (C=O) groups is 1. The number of benzene rings is 1. The van der Waals surface area contributed by atoms with Gasteiger partial charge in [-0.2, -0.15) is 0 Å². The molecule has 1 aromatic carbocycles. The van der Waals surface area contributed by atoms with Crippen LogP contribution >= 0.6 is 0 Å². The Balaban J connectivity index is 2.05. The maximum absolute atomic E-state index is 12.0. The van der Waals surface area contributed by atoms with Gasteiger partial charge < -0.3 is 14.4 Å². The van der Waals surface area contributed by atoms with Crippen molar-refractivity contribution in [1.82, 2.24) is 15.4 Å². The second-order valence-corrected chi connectivity index (χ2v) is 5.24.